The van der Waals surface area contributed by atoms with E-state index in [1.165, 1.54) is 23.2 Å². The summed E-state index contributed by atoms with van der Waals surface area (Å²) in [4.78, 5) is 26.8. The Morgan fingerprint density at radius 1 is 1.32 bits per heavy atom. The van der Waals surface area contributed by atoms with Crippen molar-refractivity contribution in [1.82, 2.24) is 19.3 Å². The van der Waals surface area contributed by atoms with Crippen LogP contribution < -0.4 is 5.56 Å². The van der Waals surface area contributed by atoms with E-state index >= 15 is 0 Å². The van der Waals surface area contributed by atoms with Gasteiger partial charge in [0.05, 0.1) is 23.2 Å². The monoisotopic (exact) mass is 345 g/mol. The zero-order valence-electron chi connectivity index (χ0n) is 13.9. The number of rotatable bonds is 3. The van der Waals surface area contributed by atoms with Crippen molar-refractivity contribution in [2.45, 2.75) is 32.9 Å². The van der Waals surface area contributed by atoms with Crippen molar-refractivity contribution in [3.63, 3.8) is 0 Å². The topological polar surface area (TPSA) is 95.8 Å². The molecule has 1 aromatic carbocycles. The number of nitrogens with zero attached hydrogens (tertiary/aromatic N) is 5. The average molecular weight is 345 g/mol. The first-order valence-electron chi connectivity index (χ1n) is 7.55. The maximum absolute atomic E-state index is 13.7. The SMILES string of the molecule is CC(C)(C)n1ncc2c(=O)n(Cc3ccc([N+](=O)[O-])c(F)c3)cnc21. The van der Waals surface area contributed by atoms with Crippen molar-refractivity contribution in [1.29, 1.82) is 0 Å². The number of benzene rings is 1. The maximum atomic E-state index is 13.7. The molecule has 0 spiro atoms. The molecule has 0 atom stereocenters. The van der Waals surface area contributed by atoms with E-state index in [2.05, 4.69) is 10.1 Å². The van der Waals surface area contributed by atoms with Gasteiger partial charge in [0.15, 0.2) is 5.65 Å². The van der Waals surface area contributed by atoms with E-state index in [0.717, 1.165) is 12.1 Å². The molecule has 0 N–H and O–H groups in total. The Bertz CT molecular complexity index is 1030. The fourth-order valence-corrected chi connectivity index (χ4v) is 2.55. The Morgan fingerprint density at radius 2 is 2.04 bits per heavy atom. The molecule has 9 heteroatoms. The van der Waals surface area contributed by atoms with Crippen molar-refractivity contribution < 1.29 is 9.31 Å². The number of hydrogen-bond donors (Lipinski definition) is 0. The molecule has 0 radical (unpaired) electrons. The molecule has 130 valence electrons. The molecule has 0 bridgehead atoms. The van der Waals surface area contributed by atoms with Gasteiger partial charge in [-0.15, -0.1) is 0 Å². The zero-order chi connectivity index (χ0) is 18.4. The van der Waals surface area contributed by atoms with Crippen molar-refractivity contribution in [3.05, 3.63) is 62.6 Å². The van der Waals surface area contributed by atoms with Gasteiger partial charge < -0.3 is 0 Å². The van der Waals surface area contributed by atoms with Gasteiger partial charge in [0.25, 0.3) is 5.56 Å². The van der Waals surface area contributed by atoms with Crippen molar-refractivity contribution in [2.75, 3.05) is 0 Å². The molecule has 0 fully saturated rings. The molecule has 0 aliphatic rings. The molecule has 2 aromatic heterocycles. The Morgan fingerprint density at radius 3 is 2.64 bits per heavy atom. The third-order valence-corrected chi connectivity index (χ3v) is 3.75. The van der Waals surface area contributed by atoms with Gasteiger partial charge >= 0.3 is 5.69 Å². The molecular weight excluding hydrogens is 329 g/mol. The summed E-state index contributed by atoms with van der Waals surface area (Å²) in [6.45, 7) is 5.91. The first kappa shape index (κ1) is 16.7. The summed E-state index contributed by atoms with van der Waals surface area (Å²) in [7, 11) is 0. The van der Waals surface area contributed by atoms with E-state index in [0.29, 0.717) is 16.6 Å². The molecule has 3 rings (SSSR count). The number of hydrogen-bond acceptors (Lipinski definition) is 5. The largest absolute Gasteiger partial charge is 0.304 e. The van der Waals surface area contributed by atoms with E-state index in [1.54, 1.807) is 4.68 Å². The van der Waals surface area contributed by atoms with Crippen LogP contribution in [0.3, 0.4) is 0 Å². The maximum Gasteiger partial charge on any atom is 0.304 e. The van der Waals surface area contributed by atoms with Crippen LogP contribution in [0.25, 0.3) is 11.0 Å². The lowest BCUT2D eigenvalue weighted by molar-refractivity contribution is -0.387. The van der Waals surface area contributed by atoms with Crippen LogP contribution in [0, 0.1) is 15.9 Å². The number of fused-ring (bicyclic) bond motifs is 1. The molecule has 25 heavy (non-hydrogen) atoms. The summed E-state index contributed by atoms with van der Waals surface area (Å²) < 4.78 is 16.7. The summed E-state index contributed by atoms with van der Waals surface area (Å²) in [5.74, 6) is -0.940. The molecule has 0 unspecified atom stereocenters. The van der Waals surface area contributed by atoms with Crippen molar-refractivity contribution in [2.24, 2.45) is 0 Å². The number of halogens is 1. The number of nitro groups is 1. The highest BCUT2D eigenvalue weighted by Crippen LogP contribution is 2.20. The van der Waals surface area contributed by atoms with Gasteiger partial charge in [-0.05, 0) is 32.4 Å². The van der Waals surface area contributed by atoms with E-state index in [-0.39, 0.29) is 17.6 Å². The second kappa shape index (κ2) is 5.76. The van der Waals surface area contributed by atoms with E-state index in [1.807, 2.05) is 20.8 Å². The quantitative estimate of drug-likeness (QED) is 0.536. The minimum atomic E-state index is -0.940. The van der Waals surface area contributed by atoms with Crippen LogP contribution >= 0.6 is 0 Å². The van der Waals surface area contributed by atoms with Gasteiger partial charge in [-0.25, -0.2) is 9.67 Å². The summed E-state index contributed by atoms with van der Waals surface area (Å²) in [5.41, 5.74) is -0.330. The molecule has 8 nitrogen and oxygen atoms in total. The fourth-order valence-electron chi connectivity index (χ4n) is 2.55. The van der Waals surface area contributed by atoms with Crippen LogP contribution in [0.15, 0.2) is 35.5 Å². The third-order valence-electron chi connectivity index (χ3n) is 3.75. The third kappa shape index (κ3) is 3.00. The van der Waals surface area contributed by atoms with E-state index in [9.17, 15) is 19.3 Å². The zero-order valence-corrected chi connectivity index (χ0v) is 13.9. The van der Waals surface area contributed by atoms with Crippen molar-refractivity contribution >= 4 is 16.7 Å². The Kier molecular flexibility index (Phi) is 3.86. The minimum absolute atomic E-state index is 0.0530. The second-order valence-corrected chi connectivity index (χ2v) is 6.68. The summed E-state index contributed by atoms with van der Waals surface area (Å²) in [5, 5.41) is 15.3. The molecule has 3 aromatic rings. The number of nitro benzene ring substituents is 1. The van der Waals surface area contributed by atoms with Crippen LogP contribution in [-0.4, -0.2) is 24.3 Å². The standard InChI is InChI=1S/C16H16FN5O3/c1-16(2,3)21-14-11(7-19-21)15(23)20(9-18-14)8-10-4-5-13(22(24)25)12(17)6-10/h4-7,9H,8H2,1-3H3. The molecule has 0 saturated heterocycles. The van der Waals surface area contributed by atoms with Crippen LogP contribution in [-0.2, 0) is 12.1 Å². The average Bonchev–Trinajstić information content (AvgIpc) is 2.94. The van der Waals surface area contributed by atoms with Gasteiger partial charge in [-0.2, -0.15) is 9.49 Å². The Balaban J connectivity index is 2.01. The van der Waals surface area contributed by atoms with Gasteiger partial charge in [0, 0.05) is 6.07 Å². The lowest BCUT2D eigenvalue weighted by atomic mass is 10.1. The lowest BCUT2D eigenvalue weighted by Crippen LogP contribution is -2.25. The van der Waals surface area contributed by atoms with Gasteiger partial charge in [-0.1, -0.05) is 6.07 Å². The van der Waals surface area contributed by atoms with Crippen LogP contribution in [0.2, 0.25) is 0 Å². The van der Waals surface area contributed by atoms with Crippen LogP contribution in [0.4, 0.5) is 10.1 Å². The molecule has 0 saturated carbocycles. The molecule has 0 aliphatic heterocycles. The second-order valence-electron chi connectivity index (χ2n) is 6.68. The molecule has 0 aliphatic carbocycles. The predicted molar refractivity (Wildman–Crippen MR) is 88.9 cm³/mol. The van der Waals surface area contributed by atoms with Crippen LogP contribution in [0.1, 0.15) is 26.3 Å². The smallest absolute Gasteiger partial charge is 0.294 e. The van der Waals surface area contributed by atoms with Gasteiger partial charge in [0.1, 0.15) is 11.7 Å². The normalized spacial score (nSPS) is 11.8. The molecular formula is C16H16FN5O3. The van der Waals surface area contributed by atoms with Crippen LogP contribution in [0.5, 0.6) is 0 Å². The number of aromatic nitrogens is 4. The minimum Gasteiger partial charge on any atom is -0.294 e. The highest BCUT2D eigenvalue weighted by molar-refractivity contribution is 5.73. The highest BCUT2D eigenvalue weighted by Gasteiger charge is 2.20. The Labute approximate surface area is 141 Å². The summed E-state index contributed by atoms with van der Waals surface area (Å²) in [6.07, 6.45) is 2.83. The first-order chi connectivity index (χ1) is 11.7. The van der Waals surface area contributed by atoms with E-state index < -0.39 is 16.4 Å². The lowest BCUT2D eigenvalue weighted by Gasteiger charge is -2.19. The summed E-state index contributed by atoms with van der Waals surface area (Å²) in [6, 6.07) is 3.54. The summed E-state index contributed by atoms with van der Waals surface area (Å²) >= 11 is 0. The highest BCUT2D eigenvalue weighted by atomic mass is 19.1. The fraction of sp³-hybridized carbons (Fsp3) is 0.312. The van der Waals surface area contributed by atoms with Gasteiger partial charge in [0.2, 0.25) is 5.82 Å². The Hall–Kier alpha value is -3.10. The first-order valence-corrected chi connectivity index (χ1v) is 7.55. The molecule has 2 heterocycles. The predicted octanol–water partition coefficient (Wildman–Crippen LogP) is 2.44. The van der Waals surface area contributed by atoms with E-state index in [4.69, 9.17) is 0 Å². The molecule has 0 amide bonds. The van der Waals surface area contributed by atoms with Crippen molar-refractivity contribution in [3.8, 4) is 0 Å². The van der Waals surface area contributed by atoms with Gasteiger partial charge in [-0.3, -0.25) is 19.5 Å².